The Kier molecular flexibility index (Phi) is 2.59. The Morgan fingerprint density at radius 3 is 2.79 bits per heavy atom. The first-order valence-corrected chi connectivity index (χ1v) is 6.01. The largest absolute Gasteiger partial charge is 0.375 e. The molecule has 1 unspecified atom stereocenters. The van der Waals surface area contributed by atoms with Gasteiger partial charge in [-0.1, -0.05) is 26.8 Å². The van der Waals surface area contributed by atoms with E-state index in [0.29, 0.717) is 5.41 Å². The lowest BCUT2D eigenvalue weighted by Gasteiger charge is -2.29. The van der Waals surface area contributed by atoms with Crippen LogP contribution in [0.4, 0.5) is 0 Å². The monoisotopic (exact) mass is 193 g/mol. The highest BCUT2D eigenvalue weighted by Crippen LogP contribution is 2.35. The van der Waals surface area contributed by atoms with Gasteiger partial charge < -0.3 is 4.90 Å². The van der Waals surface area contributed by atoms with Crippen LogP contribution in [0.3, 0.4) is 0 Å². The summed E-state index contributed by atoms with van der Waals surface area (Å²) in [5.41, 5.74) is 2.18. The van der Waals surface area contributed by atoms with Crippen molar-refractivity contribution in [3.8, 4) is 0 Å². The van der Waals surface area contributed by atoms with E-state index in [0.717, 1.165) is 5.92 Å². The number of hydrogen-bond acceptors (Lipinski definition) is 1. The first kappa shape index (κ1) is 10.1. The van der Waals surface area contributed by atoms with E-state index in [2.05, 4.69) is 31.7 Å². The van der Waals surface area contributed by atoms with E-state index >= 15 is 0 Å². The topological polar surface area (TPSA) is 3.24 Å². The smallest absolute Gasteiger partial charge is 0.0226 e. The van der Waals surface area contributed by atoms with E-state index in [4.69, 9.17) is 0 Å². The number of nitrogens with zero attached hydrogens (tertiary/aromatic N) is 1. The van der Waals surface area contributed by atoms with E-state index in [-0.39, 0.29) is 0 Å². The van der Waals surface area contributed by atoms with E-state index in [1.54, 1.807) is 5.70 Å². The maximum atomic E-state index is 2.62. The highest BCUT2D eigenvalue weighted by Gasteiger charge is 2.30. The van der Waals surface area contributed by atoms with Crippen molar-refractivity contribution in [1.29, 1.82) is 0 Å². The minimum Gasteiger partial charge on any atom is -0.375 e. The summed E-state index contributed by atoms with van der Waals surface area (Å²) >= 11 is 0. The van der Waals surface area contributed by atoms with Crippen molar-refractivity contribution in [2.75, 3.05) is 13.1 Å². The van der Waals surface area contributed by atoms with Crippen molar-refractivity contribution in [1.82, 2.24) is 4.90 Å². The maximum Gasteiger partial charge on any atom is 0.0226 e. The molecule has 0 spiro atoms. The second-order valence-electron chi connectivity index (χ2n) is 5.92. The van der Waals surface area contributed by atoms with Gasteiger partial charge in [0.15, 0.2) is 0 Å². The molecule has 1 saturated heterocycles. The van der Waals surface area contributed by atoms with E-state index in [9.17, 15) is 0 Å². The summed E-state index contributed by atoms with van der Waals surface area (Å²) in [4.78, 5) is 2.62. The van der Waals surface area contributed by atoms with Gasteiger partial charge in [0.05, 0.1) is 0 Å². The lowest BCUT2D eigenvalue weighted by Crippen LogP contribution is -2.25. The number of rotatable bonds is 1. The molecule has 0 N–H and O–H groups in total. The Morgan fingerprint density at radius 1 is 1.43 bits per heavy atom. The molecule has 1 atom stereocenters. The van der Waals surface area contributed by atoms with Gasteiger partial charge in [-0.2, -0.15) is 0 Å². The Balaban J connectivity index is 1.99. The molecular formula is C13H23N. The van der Waals surface area contributed by atoms with Crippen LogP contribution in [0, 0.1) is 11.3 Å². The highest BCUT2D eigenvalue weighted by atomic mass is 15.2. The van der Waals surface area contributed by atoms with Crippen LogP contribution in [0.2, 0.25) is 0 Å². The van der Waals surface area contributed by atoms with E-state index in [1.165, 1.54) is 38.8 Å². The molecule has 1 heteroatoms. The van der Waals surface area contributed by atoms with Crippen molar-refractivity contribution >= 4 is 0 Å². The third-order valence-electron chi connectivity index (χ3n) is 3.68. The minimum absolute atomic E-state index is 0.543. The summed E-state index contributed by atoms with van der Waals surface area (Å²) in [5.74, 6) is 0.902. The standard InChI is InChI=1S/C13H23N/c1-11-5-4-6-12(9-11)14-8-7-13(2,3)10-14/h6,11H,4-5,7-10H2,1-3H3. The molecule has 2 rings (SSSR count). The highest BCUT2D eigenvalue weighted by molar-refractivity contribution is 5.08. The SMILES string of the molecule is CC1CCC=C(N2CCC(C)(C)C2)C1. The van der Waals surface area contributed by atoms with Gasteiger partial charge >= 0.3 is 0 Å². The Bertz CT molecular complexity index is 240. The molecule has 0 bridgehead atoms. The number of likely N-dealkylation sites (tertiary alicyclic amines) is 1. The van der Waals surface area contributed by atoms with Crippen LogP contribution in [0.25, 0.3) is 0 Å². The second kappa shape index (κ2) is 3.60. The predicted octanol–water partition coefficient (Wildman–Crippen LogP) is 3.42. The van der Waals surface area contributed by atoms with Crippen LogP contribution in [-0.4, -0.2) is 18.0 Å². The van der Waals surface area contributed by atoms with Crippen LogP contribution in [-0.2, 0) is 0 Å². The molecule has 1 heterocycles. The molecule has 2 aliphatic rings. The fraction of sp³-hybridized carbons (Fsp3) is 0.846. The van der Waals surface area contributed by atoms with Gasteiger partial charge in [0.1, 0.15) is 0 Å². The third kappa shape index (κ3) is 2.13. The van der Waals surface area contributed by atoms with Crippen molar-refractivity contribution in [3.05, 3.63) is 11.8 Å². The van der Waals surface area contributed by atoms with Crippen LogP contribution < -0.4 is 0 Å². The van der Waals surface area contributed by atoms with Gasteiger partial charge in [-0.05, 0) is 37.0 Å². The molecule has 0 amide bonds. The molecule has 1 nitrogen and oxygen atoms in total. The Morgan fingerprint density at radius 2 is 2.21 bits per heavy atom. The van der Waals surface area contributed by atoms with Crippen LogP contribution in [0.1, 0.15) is 46.5 Å². The summed E-state index contributed by atoms with van der Waals surface area (Å²) < 4.78 is 0. The van der Waals surface area contributed by atoms with Gasteiger partial charge in [0.25, 0.3) is 0 Å². The molecule has 0 aromatic heterocycles. The van der Waals surface area contributed by atoms with E-state index < -0.39 is 0 Å². The van der Waals surface area contributed by atoms with Crippen LogP contribution in [0.15, 0.2) is 11.8 Å². The van der Waals surface area contributed by atoms with Crippen molar-refractivity contribution < 1.29 is 0 Å². The summed E-state index contributed by atoms with van der Waals surface area (Å²) in [7, 11) is 0. The quantitative estimate of drug-likeness (QED) is 0.617. The lowest BCUT2D eigenvalue weighted by molar-refractivity contribution is 0.313. The number of allylic oxidation sites excluding steroid dienone is 2. The molecule has 1 aliphatic carbocycles. The summed E-state index contributed by atoms with van der Waals surface area (Å²) in [6.07, 6.45) is 7.84. The normalized spacial score (nSPS) is 31.8. The van der Waals surface area contributed by atoms with Gasteiger partial charge in [0.2, 0.25) is 0 Å². The van der Waals surface area contributed by atoms with Gasteiger partial charge in [0, 0.05) is 18.8 Å². The van der Waals surface area contributed by atoms with Gasteiger partial charge in [-0.3, -0.25) is 0 Å². The average Bonchev–Trinajstić information content (AvgIpc) is 2.46. The molecule has 1 fully saturated rings. The first-order chi connectivity index (χ1) is 6.57. The fourth-order valence-corrected chi connectivity index (χ4v) is 2.69. The zero-order valence-electron chi connectivity index (χ0n) is 9.84. The van der Waals surface area contributed by atoms with E-state index in [1.807, 2.05) is 0 Å². The van der Waals surface area contributed by atoms with Crippen LogP contribution in [0.5, 0.6) is 0 Å². The summed E-state index contributed by atoms with van der Waals surface area (Å²) in [6, 6.07) is 0. The minimum atomic E-state index is 0.543. The molecule has 0 radical (unpaired) electrons. The van der Waals surface area contributed by atoms with Crippen molar-refractivity contribution in [3.63, 3.8) is 0 Å². The van der Waals surface area contributed by atoms with Crippen molar-refractivity contribution in [2.24, 2.45) is 11.3 Å². The van der Waals surface area contributed by atoms with Crippen molar-refractivity contribution in [2.45, 2.75) is 46.5 Å². The molecule has 1 aliphatic heterocycles. The van der Waals surface area contributed by atoms with Gasteiger partial charge in [-0.15, -0.1) is 0 Å². The van der Waals surface area contributed by atoms with Gasteiger partial charge in [-0.25, -0.2) is 0 Å². The molecule has 14 heavy (non-hydrogen) atoms. The Labute approximate surface area is 88.2 Å². The molecule has 0 aromatic rings. The fourth-order valence-electron chi connectivity index (χ4n) is 2.69. The molecular weight excluding hydrogens is 170 g/mol. The average molecular weight is 193 g/mol. The van der Waals surface area contributed by atoms with Crippen LogP contribution >= 0.6 is 0 Å². The molecule has 80 valence electrons. The molecule has 0 aromatic carbocycles. The molecule has 0 saturated carbocycles. The lowest BCUT2D eigenvalue weighted by atomic mass is 9.92. The summed E-state index contributed by atoms with van der Waals surface area (Å²) in [6.45, 7) is 9.71. The zero-order valence-corrected chi connectivity index (χ0v) is 9.84. The first-order valence-electron chi connectivity index (χ1n) is 6.01. The predicted molar refractivity (Wildman–Crippen MR) is 61.1 cm³/mol. The third-order valence-corrected chi connectivity index (χ3v) is 3.68. The second-order valence-corrected chi connectivity index (χ2v) is 5.92. The Hall–Kier alpha value is -0.460. The summed E-state index contributed by atoms with van der Waals surface area (Å²) in [5, 5.41) is 0. The zero-order chi connectivity index (χ0) is 10.2. The number of hydrogen-bond donors (Lipinski definition) is 0. The maximum absolute atomic E-state index is 2.62.